The molecule has 0 aliphatic rings. The molecule has 0 aliphatic carbocycles. The summed E-state index contributed by atoms with van der Waals surface area (Å²) in [5.74, 6) is 1.12. The summed E-state index contributed by atoms with van der Waals surface area (Å²) in [6, 6.07) is 7.77. The zero-order valence-electron chi connectivity index (χ0n) is 17.0. The minimum Gasteiger partial charge on any atom is -0.486 e. The number of esters is 1. The second-order valence-electron chi connectivity index (χ2n) is 6.84. The van der Waals surface area contributed by atoms with Crippen molar-refractivity contribution in [2.75, 3.05) is 19.8 Å². The number of carbonyl (C=O) groups is 1. The predicted molar refractivity (Wildman–Crippen MR) is 109 cm³/mol. The Balaban J connectivity index is 2.58. The molecule has 0 saturated carbocycles. The Morgan fingerprint density at radius 2 is 1.85 bits per heavy atom. The standard InChI is InChI=1S/C22H35NO4/c1-5-7-8-9-14-22(24)27-19(16-23-18(3)4)17-26-21-13-11-10-12-20(21)25-15-6-2/h6,10-13,18-19,23H,2,5,7-9,14-17H2,1,3-4H3. The summed E-state index contributed by atoms with van der Waals surface area (Å²) in [6.07, 6.45) is 6.02. The number of para-hydroxylation sites is 2. The molecule has 1 atom stereocenters. The monoisotopic (exact) mass is 377 g/mol. The summed E-state index contributed by atoms with van der Waals surface area (Å²) >= 11 is 0. The summed E-state index contributed by atoms with van der Waals surface area (Å²) in [6.45, 7) is 11.2. The molecule has 27 heavy (non-hydrogen) atoms. The molecule has 0 amide bonds. The molecule has 0 saturated heterocycles. The van der Waals surface area contributed by atoms with Gasteiger partial charge in [0.2, 0.25) is 0 Å². The fourth-order valence-corrected chi connectivity index (χ4v) is 2.46. The van der Waals surface area contributed by atoms with Gasteiger partial charge < -0.3 is 19.5 Å². The van der Waals surface area contributed by atoms with Gasteiger partial charge in [0, 0.05) is 19.0 Å². The van der Waals surface area contributed by atoms with E-state index < -0.39 is 0 Å². The molecular weight excluding hydrogens is 342 g/mol. The van der Waals surface area contributed by atoms with Crippen molar-refractivity contribution in [2.24, 2.45) is 0 Å². The van der Waals surface area contributed by atoms with Crippen LogP contribution in [0.4, 0.5) is 0 Å². The van der Waals surface area contributed by atoms with Gasteiger partial charge in [-0.05, 0) is 18.6 Å². The number of unbranched alkanes of at least 4 members (excludes halogenated alkanes) is 3. The van der Waals surface area contributed by atoms with Crippen molar-refractivity contribution in [3.8, 4) is 11.5 Å². The topological polar surface area (TPSA) is 56.8 Å². The first kappa shape index (κ1) is 23.0. The fourth-order valence-electron chi connectivity index (χ4n) is 2.46. The Morgan fingerprint density at radius 3 is 2.48 bits per heavy atom. The van der Waals surface area contributed by atoms with Gasteiger partial charge in [-0.1, -0.05) is 64.8 Å². The molecule has 0 bridgehead atoms. The lowest BCUT2D eigenvalue weighted by molar-refractivity contribution is -0.150. The van der Waals surface area contributed by atoms with E-state index in [9.17, 15) is 4.79 Å². The van der Waals surface area contributed by atoms with E-state index in [4.69, 9.17) is 14.2 Å². The summed E-state index contributed by atoms with van der Waals surface area (Å²) < 4.78 is 17.1. The molecule has 1 rings (SSSR count). The van der Waals surface area contributed by atoms with E-state index in [1.807, 2.05) is 24.3 Å². The maximum Gasteiger partial charge on any atom is 0.306 e. The molecule has 5 heteroatoms. The van der Waals surface area contributed by atoms with Gasteiger partial charge in [0.05, 0.1) is 0 Å². The van der Waals surface area contributed by atoms with Crippen molar-refractivity contribution in [1.82, 2.24) is 5.32 Å². The lowest BCUT2D eigenvalue weighted by Gasteiger charge is -2.21. The third-order valence-electron chi connectivity index (χ3n) is 3.92. The number of hydrogen-bond acceptors (Lipinski definition) is 5. The summed E-state index contributed by atoms with van der Waals surface area (Å²) in [7, 11) is 0. The van der Waals surface area contributed by atoms with Gasteiger partial charge >= 0.3 is 5.97 Å². The van der Waals surface area contributed by atoms with Gasteiger partial charge in [0.15, 0.2) is 11.5 Å². The molecule has 1 N–H and O–H groups in total. The van der Waals surface area contributed by atoms with Crippen LogP contribution in [0.25, 0.3) is 0 Å². The molecule has 0 fully saturated rings. The predicted octanol–water partition coefficient (Wildman–Crippen LogP) is 4.51. The molecule has 0 aliphatic heterocycles. The van der Waals surface area contributed by atoms with Crippen LogP contribution in [0.15, 0.2) is 36.9 Å². The average Bonchev–Trinajstić information content (AvgIpc) is 2.66. The molecule has 5 nitrogen and oxygen atoms in total. The Labute approximate surface area is 164 Å². The molecule has 0 heterocycles. The normalized spacial score (nSPS) is 11.9. The highest BCUT2D eigenvalue weighted by molar-refractivity contribution is 5.69. The first-order valence-electron chi connectivity index (χ1n) is 9.95. The molecular formula is C22H35NO4. The Bertz CT molecular complexity index is 545. The Kier molecular flexibility index (Phi) is 12.0. The van der Waals surface area contributed by atoms with Gasteiger partial charge in [-0.15, -0.1) is 0 Å². The van der Waals surface area contributed by atoms with Crippen LogP contribution in [-0.4, -0.2) is 37.9 Å². The molecule has 152 valence electrons. The summed E-state index contributed by atoms with van der Waals surface area (Å²) in [4.78, 5) is 12.1. The van der Waals surface area contributed by atoms with Crippen LogP contribution in [0.1, 0.15) is 52.9 Å². The van der Waals surface area contributed by atoms with Gasteiger partial charge in [0.25, 0.3) is 0 Å². The number of benzene rings is 1. The lowest BCUT2D eigenvalue weighted by atomic mass is 10.1. The van der Waals surface area contributed by atoms with E-state index >= 15 is 0 Å². The third kappa shape index (κ3) is 10.7. The van der Waals surface area contributed by atoms with Crippen molar-refractivity contribution in [2.45, 2.75) is 65.0 Å². The Hall–Kier alpha value is -2.01. The average molecular weight is 378 g/mol. The first-order chi connectivity index (χ1) is 13.1. The second-order valence-corrected chi connectivity index (χ2v) is 6.84. The lowest BCUT2D eigenvalue weighted by Crippen LogP contribution is -2.38. The summed E-state index contributed by atoms with van der Waals surface area (Å²) in [5, 5.41) is 3.31. The molecule has 0 spiro atoms. The molecule has 1 aromatic carbocycles. The highest BCUT2D eigenvalue weighted by Gasteiger charge is 2.17. The van der Waals surface area contributed by atoms with Gasteiger partial charge in [-0.25, -0.2) is 0 Å². The van der Waals surface area contributed by atoms with Crippen LogP contribution in [0.5, 0.6) is 11.5 Å². The maximum absolute atomic E-state index is 12.1. The van der Waals surface area contributed by atoms with E-state index in [0.29, 0.717) is 37.1 Å². The van der Waals surface area contributed by atoms with Crippen LogP contribution in [0.3, 0.4) is 0 Å². The van der Waals surface area contributed by atoms with Gasteiger partial charge in [-0.2, -0.15) is 0 Å². The smallest absolute Gasteiger partial charge is 0.306 e. The first-order valence-corrected chi connectivity index (χ1v) is 9.95. The van der Waals surface area contributed by atoms with Crippen molar-refractivity contribution >= 4 is 5.97 Å². The van der Waals surface area contributed by atoms with Crippen LogP contribution >= 0.6 is 0 Å². The van der Waals surface area contributed by atoms with Crippen LogP contribution in [-0.2, 0) is 9.53 Å². The van der Waals surface area contributed by atoms with Gasteiger partial charge in [0.1, 0.15) is 19.3 Å². The van der Waals surface area contributed by atoms with Gasteiger partial charge in [-0.3, -0.25) is 4.79 Å². The number of nitrogens with one attached hydrogen (secondary N) is 1. The SMILES string of the molecule is C=CCOc1ccccc1OCC(CNC(C)C)OC(=O)CCCCCC. The largest absolute Gasteiger partial charge is 0.486 e. The number of ether oxygens (including phenoxy) is 3. The summed E-state index contributed by atoms with van der Waals surface area (Å²) in [5.41, 5.74) is 0. The van der Waals surface area contributed by atoms with Crippen molar-refractivity contribution in [1.29, 1.82) is 0 Å². The van der Waals surface area contributed by atoms with Crippen LogP contribution in [0.2, 0.25) is 0 Å². The van der Waals surface area contributed by atoms with E-state index in [1.54, 1.807) is 6.08 Å². The van der Waals surface area contributed by atoms with Crippen LogP contribution < -0.4 is 14.8 Å². The van der Waals surface area contributed by atoms with Crippen LogP contribution in [0, 0.1) is 0 Å². The van der Waals surface area contributed by atoms with E-state index in [1.165, 1.54) is 0 Å². The molecule has 0 radical (unpaired) electrons. The molecule has 1 aromatic rings. The minimum absolute atomic E-state index is 0.165. The van der Waals surface area contributed by atoms with Crippen molar-refractivity contribution in [3.05, 3.63) is 36.9 Å². The molecule has 0 aromatic heterocycles. The zero-order valence-corrected chi connectivity index (χ0v) is 17.0. The highest BCUT2D eigenvalue weighted by atomic mass is 16.6. The number of rotatable bonds is 15. The maximum atomic E-state index is 12.1. The quantitative estimate of drug-likeness (QED) is 0.277. The second kappa shape index (κ2) is 14.1. The highest BCUT2D eigenvalue weighted by Crippen LogP contribution is 2.26. The van der Waals surface area contributed by atoms with E-state index in [2.05, 4.69) is 32.7 Å². The van der Waals surface area contributed by atoms with Crippen molar-refractivity contribution < 1.29 is 19.0 Å². The van der Waals surface area contributed by atoms with E-state index in [-0.39, 0.29) is 18.7 Å². The van der Waals surface area contributed by atoms with Crippen molar-refractivity contribution in [3.63, 3.8) is 0 Å². The zero-order chi connectivity index (χ0) is 19.9. The third-order valence-corrected chi connectivity index (χ3v) is 3.92. The Morgan fingerprint density at radius 1 is 1.15 bits per heavy atom. The number of hydrogen-bond donors (Lipinski definition) is 1. The number of carbonyl (C=O) groups excluding carboxylic acids is 1. The minimum atomic E-state index is -0.349. The fraction of sp³-hybridized carbons (Fsp3) is 0.591. The molecule has 1 unspecified atom stereocenters. The van der Waals surface area contributed by atoms with E-state index in [0.717, 1.165) is 25.7 Å².